The van der Waals surface area contributed by atoms with Gasteiger partial charge in [0.25, 0.3) is 5.91 Å². The molecule has 0 aliphatic rings. The van der Waals surface area contributed by atoms with Crippen molar-refractivity contribution in [3.05, 3.63) is 65.2 Å². The number of carbonyl (C=O) groups excluding carboxylic acids is 1. The Morgan fingerprint density at radius 2 is 1.68 bits per heavy atom. The second-order valence-electron chi connectivity index (χ2n) is 6.09. The molecule has 0 heterocycles. The van der Waals surface area contributed by atoms with Crippen molar-refractivity contribution in [3.8, 4) is 5.75 Å². The van der Waals surface area contributed by atoms with Gasteiger partial charge in [-0.25, -0.2) is 0 Å². The van der Waals surface area contributed by atoms with Crippen molar-refractivity contribution in [2.45, 2.75) is 32.8 Å². The van der Waals surface area contributed by atoms with Gasteiger partial charge in [0.2, 0.25) is 0 Å². The van der Waals surface area contributed by atoms with Gasteiger partial charge in [-0.2, -0.15) is 0 Å². The first-order valence-electron chi connectivity index (χ1n) is 8.82. The lowest BCUT2D eigenvalue weighted by atomic mass is 10.00. The fourth-order valence-corrected chi connectivity index (χ4v) is 2.85. The molecule has 4 heteroatoms. The van der Waals surface area contributed by atoms with Gasteiger partial charge in [0.05, 0.1) is 7.11 Å². The molecule has 25 heavy (non-hydrogen) atoms. The van der Waals surface area contributed by atoms with E-state index in [9.17, 15) is 9.90 Å². The van der Waals surface area contributed by atoms with Crippen LogP contribution in [-0.2, 0) is 0 Å². The second kappa shape index (κ2) is 9.23. The van der Waals surface area contributed by atoms with Crippen molar-refractivity contribution < 1.29 is 14.6 Å². The number of methoxy groups -OCH3 is 1. The number of ether oxygens (including phenoxy) is 1. The molecule has 134 valence electrons. The summed E-state index contributed by atoms with van der Waals surface area (Å²) in [5.74, 6) is 0.754. The Bertz CT molecular complexity index is 676. The van der Waals surface area contributed by atoms with Crippen LogP contribution in [-0.4, -0.2) is 36.1 Å². The molecule has 1 atom stereocenters. The molecular weight excluding hydrogens is 314 g/mol. The predicted molar refractivity (Wildman–Crippen MR) is 100.0 cm³/mol. The molecule has 2 rings (SSSR count). The zero-order valence-corrected chi connectivity index (χ0v) is 15.2. The number of carbonyl (C=O) groups is 1. The van der Waals surface area contributed by atoms with Crippen molar-refractivity contribution in [1.29, 1.82) is 0 Å². The van der Waals surface area contributed by atoms with Crippen molar-refractivity contribution in [2.75, 3.05) is 20.2 Å². The van der Waals surface area contributed by atoms with E-state index in [0.717, 1.165) is 37.1 Å². The topological polar surface area (TPSA) is 49.8 Å². The maximum Gasteiger partial charge on any atom is 0.253 e. The minimum absolute atomic E-state index is 0.0473. The first-order valence-corrected chi connectivity index (χ1v) is 8.82. The molecule has 0 radical (unpaired) electrons. The van der Waals surface area contributed by atoms with Crippen molar-refractivity contribution in [3.63, 3.8) is 0 Å². The number of nitrogens with zero attached hydrogens (tertiary/aromatic N) is 1. The zero-order chi connectivity index (χ0) is 18.2. The van der Waals surface area contributed by atoms with Gasteiger partial charge in [-0.15, -0.1) is 0 Å². The predicted octanol–water partition coefficient (Wildman–Crippen LogP) is 4.04. The van der Waals surface area contributed by atoms with Crippen LogP contribution in [0.3, 0.4) is 0 Å². The zero-order valence-electron chi connectivity index (χ0n) is 15.2. The summed E-state index contributed by atoms with van der Waals surface area (Å²) in [4.78, 5) is 14.5. The van der Waals surface area contributed by atoms with Gasteiger partial charge in [-0.3, -0.25) is 4.79 Å². The minimum atomic E-state index is -0.748. The van der Waals surface area contributed by atoms with Gasteiger partial charge in [-0.05, 0) is 48.2 Å². The highest BCUT2D eigenvalue weighted by Gasteiger charge is 2.16. The summed E-state index contributed by atoms with van der Waals surface area (Å²) in [5.41, 5.74) is 2.17. The van der Waals surface area contributed by atoms with Gasteiger partial charge in [-0.1, -0.05) is 38.1 Å². The van der Waals surface area contributed by atoms with Crippen LogP contribution in [0, 0.1) is 0 Å². The molecule has 1 unspecified atom stereocenters. The Morgan fingerprint density at radius 3 is 2.24 bits per heavy atom. The molecule has 0 saturated carbocycles. The van der Waals surface area contributed by atoms with E-state index in [1.165, 1.54) is 0 Å². The Morgan fingerprint density at radius 1 is 1.04 bits per heavy atom. The summed E-state index contributed by atoms with van der Waals surface area (Å²) < 4.78 is 5.20. The first-order chi connectivity index (χ1) is 12.1. The lowest BCUT2D eigenvalue weighted by Gasteiger charge is -2.21. The van der Waals surface area contributed by atoms with Crippen LogP contribution in [0.4, 0.5) is 0 Å². The fourth-order valence-electron chi connectivity index (χ4n) is 2.85. The molecule has 2 aromatic rings. The van der Waals surface area contributed by atoms with Gasteiger partial charge in [0, 0.05) is 18.7 Å². The van der Waals surface area contributed by atoms with Crippen LogP contribution in [0.25, 0.3) is 0 Å². The molecule has 0 bridgehead atoms. The van der Waals surface area contributed by atoms with Crippen LogP contribution < -0.4 is 4.74 Å². The lowest BCUT2D eigenvalue weighted by molar-refractivity contribution is 0.0755. The molecule has 0 fully saturated rings. The number of benzene rings is 2. The molecule has 0 saturated heterocycles. The molecule has 1 amide bonds. The van der Waals surface area contributed by atoms with E-state index in [0.29, 0.717) is 11.3 Å². The summed E-state index contributed by atoms with van der Waals surface area (Å²) in [7, 11) is 1.60. The Kier molecular flexibility index (Phi) is 7.02. The Labute approximate surface area is 150 Å². The van der Waals surface area contributed by atoms with E-state index in [1.807, 2.05) is 41.3 Å². The fraction of sp³-hybridized carbons (Fsp3) is 0.381. The van der Waals surface area contributed by atoms with Crippen molar-refractivity contribution in [1.82, 2.24) is 4.90 Å². The van der Waals surface area contributed by atoms with Crippen LogP contribution >= 0.6 is 0 Å². The third kappa shape index (κ3) is 4.83. The SMILES string of the molecule is CCCN(CCC)C(=O)c1ccc(C(O)c2cccc(OC)c2)cc1. The first kappa shape index (κ1) is 19.0. The minimum Gasteiger partial charge on any atom is -0.497 e. The highest BCUT2D eigenvalue weighted by atomic mass is 16.5. The van der Waals surface area contributed by atoms with Crippen LogP contribution in [0.1, 0.15) is 54.3 Å². The van der Waals surface area contributed by atoms with Crippen LogP contribution in [0.15, 0.2) is 48.5 Å². The third-order valence-corrected chi connectivity index (χ3v) is 4.16. The summed E-state index contributed by atoms with van der Waals surface area (Å²) >= 11 is 0. The van der Waals surface area contributed by atoms with E-state index in [-0.39, 0.29) is 5.91 Å². The van der Waals surface area contributed by atoms with Gasteiger partial charge >= 0.3 is 0 Å². The molecule has 0 aromatic heterocycles. The van der Waals surface area contributed by atoms with E-state index >= 15 is 0 Å². The molecule has 0 aliphatic carbocycles. The quantitative estimate of drug-likeness (QED) is 0.788. The molecule has 4 nitrogen and oxygen atoms in total. The Balaban J connectivity index is 2.16. The number of rotatable bonds is 8. The summed E-state index contributed by atoms with van der Waals surface area (Å²) in [6.45, 7) is 5.68. The largest absolute Gasteiger partial charge is 0.497 e. The van der Waals surface area contributed by atoms with E-state index < -0.39 is 6.10 Å². The monoisotopic (exact) mass is 341 g/mol. The maximum absolute atomic E-state index is 12.6. The van der Waals surface area contributed by atoms with Crippen LogP contribution in [0.2, 0.25) is 0 Å². The number of aliphatic hydroxyl groups is 1. The van der Waals surface area contributed by atoms with Gasteiger partial charge < -0.3 is 14.7 Å². The Hall–Kier alpha value is -2.33. The molecule has 0 aliphatic heterocycles. The van der Waals surface area contributed by atoms with Crippen molar-refractivity contribution >= 4 is 5.91 Å². The lowest BCUT2D eigenvalue weighted by Crippen LogP contribution is -2.32. The highest BCUT2D eigenvalue weighted by molar-refractivity contribution is 5.94. The van der Waals surface area contributed by atoms with Crippen molar-refractivity contribution in [2.24, 2.45) is 0 Å². The second-order valence-corrected chi connectivity index (χ2v) is 6.09. The molecule has 0 spiro atoms. The number of aliphatic hydroxyl groups excluding tert-OH is 1. The highest BCUT2D eigenvalue weighted by Crippen LogP contribution is 2.25. The normalized spacial score (nSPS) is 11.8. The summed E-state index contributed by atoms with van der Waals surface area (Å²) in [5, 5.41) is 10.6. The van der Waals surface area contributed by atoms with E-state index in [4.69, 9.17) is 4.74 Å². The molecular formula is C21H27NO3. The maximum atomic E-state index is 12.6. The number of hydrogen-bond acceptors (Lipinski definition) is 3. The van der Waals surface area contributed by atoms with Gasteiger partial charge in [0.1, 0.15) is 11.9 Å². The van der Waals surface area contributed by atoms with E-state index in [2.05, 4.69) is 13.8 Å². The summed E-state index contributed by atoms with van der Waals surface area (Å²) in [6.07, 6.45) is 1.14. The average molecular weight is 341 g/mol. The van der Waals surface area contributed by atoms with E-state index in [1.54, 1.807) is 19.2 Å². The smallest absolute Gasteiger partial charge is 0.253 e. The number of amides is 1. The average Bonchev–Trinajstić information content (AvgIpc) is 2.67. The van der Waals surface area contributed by atoms with Gasteiger partial charge in [0.15, 0.2) is 0 Å². The number of hydrogen-bond donors (Lipinski definition) is 1. The molecule has 2 aromatic carbocycles. The standard InChI is InChI=1S/C21H27NO3/c1-4-13-22(14-5-2)21(24)17-11-9-16(10-12-17)20(23)18-7-6-8-19(15-18)25-3/h6-12,15,20,23H,4-5,13-14H2,1-3H3. The summed E-state index contributed by atoms with van der Waals surface area (Å²) in [6, 6.07) is 14.6. The third-order valence-electron chi connectivity index (χ3n) is 4.16. The van der Waals surface area contributed by atoms with Crippen LogP contribution in [0.5, 0.6) is 5.75 Å². The molecule has 1 N–H and O–H groups in total.